The summed E-state index contributed by atoms with van der Waals surface area (Å²) in [4.78, 5) is 16.1. The maximum Gasteiger partial charge on any atom is 0.227 e. The van der Waals surface area contributed by atoms with Crippen molar-refractivity contribution in [1.29, 1.82) is 0 Å². The molecule has 5 nitrogen and oxygen atoms in total. The Labute approximate surface area is 155 Å². The number of aromatic nitrogens is 3. The van der Waals surface area contributed by atoms with Crippen molar-refractivity contribution in [2.24, 2.45) is 0 Å². The highest BCUT2D eigenvalue weighted by Gasteiger charge is 2.20. The summed E-state index contributed by atoms with van der Waals surface area (Å²) in [7, 11) is 0. The molecule has 1 aliphatic heterocycles. The number of aryl methyl sites for hydroxylation is 3. The van der Waals surface area contributed by atoms with Crippen LogP contribution < -0.4 is 4.90 Å². The molecule has 1 unspecified atom stereocenters. The van der Waals surface area contributed by atoms with E-state index in [2.05, 4.69) is 66.0 Å². The van der Waals surface area contributed by atoms with Crippen LogP contribution in [0, 0.1) is 20.8 Å². The smallest absolute Gasteiger partial charge is 0.227 e. The predicted octanol–water partition coefficient (Wildman–Crippen LogP) is 3.81. The first-order valence-corrected chi connectivity index (χ1v) is 9.00. The van der Waals surface area contributed by atoms with Crippen LogP contribution in [-0.2, 0) is 4.74 Å². The molecule has 1 aromatic carbocycles. The van der Waals surface area contributed by atoms with Gasteiger partial charge in [-0.3, -0.25) is 0 Å². The number of nitrogens with zero attached hydrogens (tertiary/aromatic N) is 4. The first-order chi connectivity index (χ1) is 12.5. The summed E-state index contributed by atoms with van der Waals surface area (Å²) in [6.07, 6.45) is 1.61. The van der Waals surface area contributed by atoms with Crippen molar-refractivity contribution in [3.05, 3.63) is 59.5 Å². The van der Waals surface area contributed by atoms with Gasteiger partial charge in [0.25, 0.3) is 0 Å². The van der Waals surface area contributed by atoms with E-state index in [1.807, 2.05) is 13.0 Å². The summed E-state index contributed by atoms with van der Waals surface area (Å²) in [6, 6.07) is 12.7. The van der Waals surface area contributed by atoms with Gasteiger partial charge in [-0.15, -0.1) is 0 Å². The van der Waals surface area contributed by atoms with Crippen LogP contribution in [0.1, 0.15) is 23.7 Å². The minimum absolute atomic E-state index is 0.242. The maximum absolute atomic E-state index is 5.54. The monoisotopic (exact) mass is 350 g/mol. The Morgan fingerprint density at radius 1 is 1.00 bits per heavy atom. The minimum Gasteiger partial charge on any atom is -0.377 e. The summed E-state index contributed by atoms with van der Waals surface area (Å²) < 4.78 is 5.54. The second-order valence-corrected chi connectivity index (χ2v) is 6.76. The van der Waals surface area contributed by atoms with Gasteiger partial charge in [0, 0.05) is 17.8 Å². The van der Waals surface area contributed by atoms with Gasteiger partial charge in [0.05, 0.1) is 24.9 Å². The van der Waals surface area contributed by atoms with Crippen molar-refractivity contribution >= 4 is 5.95 Å². The van der Waals surface area contributed by atoms with E-state index >= 15 is 0 Å². The first kappa shape index (κ1) is 18.3. The number of rotatable bonds is 2. The lowest BCUT2D eigenvalue weighted by Gasteiger charge is -2.33. The Morgan fingerprint density at radius 3 is 2.50 bits per heavy atom. The third-order valence-corrected chi connectivity index (χ3v) is 4.67. The average molecular weight is 350 g/mol. The van der Waals surface area contributed by atoms with Crippen molar-refractivity contribution in [2.45, 2.75) is 33.7 Å². The Kier molecular flexibility index (Phi) is 5.78. The van der Waals surface area contributed by atoms with E-state index in [-0.39, 0.29) is 6.04 Å². The van der Waals surface area contributed by atoms with E-state index in [1.54, 1.807) is 6.33 Å². The Morgan fingerprint density at radius 2 is 1.77 bits per heavy atom. The molecule has 1 atom stereocenters. The van der Waals surface area contributed by atoms with Crippen molar-refractivity contribution in [2.75, 3.05) is 24.7 Å². The molecule has 3 rings (SSSR count). The van der Waals surface area contributed by atoms with Crippen molar-refractivity contribution in [3.63, 3.8) is 0 Å². The fourth-order valence-corrected chi connectivity index (χ4v) is 2.84. The van der Waals surface area contributed by atoms with E-state index in [1.165, 1.54) is 5.56 Å². The van der Waals surface area contributed by atoms with Gasteiger partial charge in [-0.1, -0.05) is 35.9 Å². The molecule has 1 saturated heterocycles. The van der Waals surface area contributed by atoms with Gasteiger partial charge in [-0.05, 0) is 39.3 Å². The lowest BCUT2D eigenvalue weighted by atomic mass is 10.1. The average Bonchev–Trinajstić information content (AvgIpc) is 2.64. The van der Waals surface area contributed by atoms with Crippen LogP contribution in [0.15, 0.2) is 42.7 Å². The summed E-state index contributed by atoms with van der Waals surface area (Å²) in [6.45, 7) is 10.5. The number of morpholine rings is 1. The van der Waals surface area contributed by atoms with Crippen LogP contribution in [0.2, 0.25) is 0 Å². The van der Waals surface area contributed by atoms with Crippen molar-refractivity contribution < 1.29 is 4.74 Å². The number of hydrogen-bond donors (Lipinski definition) is 0. The molecule has 1 aromatic heterocycles. The molecule has 0 aliphatic carbocycles. The minimum atomic E-state index is 0.242. The zero-order chi connectivity index (χ0) is 18.5. The molecule has 26 heavy (non-hydrogen) atoms. The van der Waals surface area contributed by atoms with E-state index in [0.717, 1.165) is 29.1 Å². The quantitative estimate of drug-likeness (QED) is 0.824. The van der Waals surface area contributed by atoms with Crippen LogP contribution in [0.3, 0.4) is 0 Å². The summed E-state index contributed by atoms with van der Waals surface area (Å²) in [5, 5.41) is 0. The Hall–Kier alpha value is -2.53. The zero-order valence-electron chi connectivity index (χ0n) is 15.9. The molecule has 1 fully saturated rings. The van der Waals surface area contributed by atoms with Gasteiger partial charge in [0.2, 0.25) is 5.95 Å². The number of hydrogen-bond acceptors (Lipinski definition) is 5. The van der Waals surface area contributed by atoms with Crippen LogP contribution in [0.5, 0.6) is 0 Å². The molecule has 2 heterocycles. The van der Waals surface area contributed by atoms with Crippen LogP contribution in [-0.4, -0.2) is 40.8 Å². The maximum atomic E-state index is 5.54. The predicted molar refractivity (Wildman–Crippen MR) is 105 cm³/mol. The molecule has 0 radical (unpaired) electrons. The SMILES string of the molecule is Cc1ccc(-c2ccc(C)c(C)nc(N3CCOCC3C)ncn2)cc1. The fraction of sp³-hybridized carbons (Fsp3) is 0.381. The molecular weight excluding hydrogens is 324 g/mol. The standard InChI is InChI=1S/C21H26N4O/c1-15-5-8-19(9-6-15)20-10-7-16(2)18(4)24-21(23-14-22-20)25-11-12-26-13-17(25)3/h5-10,14,17H,11-13H2,1-4H3. The number of ether oxygens (including phenoxy) is 1. The van der Waals surface area contributed by atoms with Crippen molar-refractivity contribution in [3.8, 4) is 11.3 Å². The molecular formula is C21H26N4O. The first-order valence-electron chi connectivity index (χ1n) is 9.00. The van der Waals surface area contributed by atoms with Crippen molar-refractivity contribution in [1.82, 2.24) is 15.0 Å². The normalized spacial score (nSPS) is 16.9. The second kappa shape index (κ2) is 8.23. The highest BCUT2D eigenvalue weighted by molar-refractivity contribution is 5.58. The second-order valence-electron chi connectivity index (χ2n) is 6.76. The molecule has 0 bridgehead atoms. The largest absolute Gasteiger partial charge is 0.377 e. The van der Waals surface area contributed by atoms with Crippen LogP contribution in [0.25, 0.3) is 11.3 Å². The van der Waals surface area contributed by atoms with Gasteiger partial charge < -0.3 is 9.64 Å². The highest BCUT2D eigenvalue weighted by atomic mass is 16.5. The number of anilines is 1. The Bertz CT molecular complexity index is 819. The molecule has 1 aliphatic rings. The molecule has 136 valence electrons. The fourth-order valence-electron chi connectivity index (χ4n) is 2.84. The molecule has 0 N–H and O–H groups in total. The third-order valence-electron chi connectivity index (χ3n) is 4.67. The summed E-state index contributed by atoms with van der Waals surface area (Å²) in [5.41, 5.74) is 5.24. The van der Waals surface area contributed by atoms with Crippen LogP contribution in [0.4, 0.5) is 5.95 Å². The molecule has 0 amide bonds. The van der Waals surface area contributed by atoms with Gasteiger partial charge in [-0.25, -0.2) is 15.0 Å². The molecule has 2 aromatic rings. The lowest BCUT2D eigenvalue weighted by Crippen LogP contribution is -2.44. The third kappa shape index (κ3) is 4.35. The zero-order valence-corrected chi connectivity index (χ0v) is 15.9. The highest BCUT2D eigenvalue weighted by Crippen LogP contribution is 2.18. The van der Waals surface area contributed by atoms with E-state index < -0.39 is 0 Å². The van der Waals surface area contributed by atoms with E-state index in [4.69, 9.17) is 9.72 Å². The van der Waals surface area contributed by atoms with Crippen LogP contribution >= 0.6 is 0 Å². The topological polar surface area (TPSA) is 51.1 Å². The number of benzene rings is 1. The molecule has 5 heteroatoms. The Balaban J connectivity index is 2.09. The summed E-state index contributed by atoms with van der Waals surface area (Å²) >= 11 is 0. The lowest BCUT2D eigenvalue weighted by molar-refractivity contribution is 0.0981. The molecule has 0 saturated carbocycles. The molecule has 0 spiro atoms. The van der Waals surface area contributed by atoms with E-state index in [9.17, 15) is 0 Å². The van der Waals surface area contributed by atoms with E-state index in [0.29, 0.717) is 19.2 Å². The van der Waals surface area contributed by atoms with Gasteiger partial charge >= 0.3 is 0 Å². The van der Waals surface area contributed by atoms with Gasteiger partial charge in [0.1, 0.15) is 6.33 Å². The van der Waals surface area contributed by atoms with Gasteiger partial charge in [0.15, 0.2) is 0 Å². The van der Waals surface area contributed by atoms with Gasteiger partial charge in [-0.2, -0.15) is 0 Å². The summed E-state index contributed by atoms with van der Waals surface area (Å²) in [5.74, 6) is 0.694.